The van der Waals surface area contributed by atoms with Crippen molar-refractivity contribution in [1.82, 2.24) is 5.32 Å². The van der Waals surface area contributed by atoms with Crippen LogP contribution >= 0.6 is 0 Å². The summed E-state index contributed by atoms with van der Waals surface area (Å²) in [5.41, 5.74) is 1.06. The molecule has 48 valence electrons. The van der Waals surface area contributed by atoms with Gasteiger partial charge in [-0.1, -0.05) is 0 Å². The van der Waals surface area contributed by atoms with E-state index < -0.39 is 0 Å². The van der Waals surface area contributed by atoms with Gasteiger partial charge in [0.15, 0.2) is 0 Å². The van der Waals surface area contributed by atoms with E-state index in [1.54, 1.807) is 13.8 Å². The van der Waals surface area contributed by atoms with Gasteiger partial charge in [0.2, 0.25) is 0 Å². The Balaban J connectivity index is 0.000000810. The van der Waals surface area contributed by atoms with Crippen LogP contribution in [0.25, 0.3) is 0 Å². The largest absolute Gasteiger partial charge is 1.00 e. The van der Waals surface area contributed by atoms with Crippen molar-refractivity contribution in [3.63, 3.8) is 0 Å². The average molecular weight is 148 g/mol. The summed E-state index contributed by atoms with van der Waals surface area (Å²) in [4.78, 5) is 21.2. The van der Waals surface area contributed by atoms with Crippen molar-refractivity contribution in [3.8, 4) is 0 Å². The van der Waals surface area contributed by atoms with Crippen LogP contribution < -0.4 is 34.9 Å². The molecule has 0 bridgehead atoms. The van der Waals surface area contributed by atoms with Gasteiger partial charge < -0.3 is 0 Å². The second kappa shape index (κ2) is 3.32. The summed E-state index contributed by atoms with van der Waals surface area (Å²) in [5.74, 6) is -0.532. The Morgan fingerprint density at radius 1 is 1.00 bits per heavy atom. The SMILES string of the molecule is CC1=C(C)C(=O)NC1=O.[Na+]. The third-order valence-corrected chi connectivity index (χ3v) is 1.47. The number of nitrogens with one attached hydrogen (secondary N) is 1. The molecule has 2 amide bonds. The molecule has 0 aromatic rings. The van der Waals surface area contributed by atoms with Crippen molar-refractivity contribution in [2.75, 3.05) is 0 Å². The molecule has 0 saturated heterocycles. The van der Waals surface area contributed by atoms with Gasteiger partial charge >= 0.3 is 29.6 Å². The van der Waals surface area contributed by atoms with Gasteiger partial charge in [-0.05, 0) is 13.8 Å². The van der Waals surface area contributed by atoms with Crippen molar-refractivity contribution in [2.24, 2.45) is 0 Å². The van der Waals surface area contributed by atoms with E-state index in [1.165, 1.54) is 0 Å². The summed E-state index contributed by atoms with van der Waals surface area (Å²) in [7, 11) is 0. The quantitative estimate of drug-likeness (QED) is 0.293. The number of carbonyl (C=O) groups excluding carboxylic acids is 2. The molecule has 0 aromatic heterocycles. The van der Waals surface area contributed by atoms with E-state index in [0.717, 1.165) is 0 Å². The van der Waals surface area contributed by atoms with E-state index in [4.69, 9.17) is 0 Å². The molecule has 4 heteroatoms. The Morgan fingerprint density at radius 2 is 1.30 bits per heavy atom. The molecule has 3 nitrogen and oxygen atoms in total. The summed E-state index contributed by atoms with van der Waals surface area (Å²) >= 11 is 0. The fourth-order valence-corrected chi connectivity index (χ4v) is 0.631. The van der Waals surface area contributed by atoms with Crippen molar-refractivity contribution >= 4 is 11.8 Å². The van der Waals surface area contributed by atoms with Crippen LogP contribution in [0.5, 0.6) is 0 Å². The Morgan fingerprint density at radius 3 is 1.40 bits per heavy atom. The fourth-order valence-electron chi connectivity index (χ4n) is 0.631. The molecule has 10 heavy (non-hydrogen) atoms. The average Bonchev–Trinajstić information content (AvgIpc) is 1.98. The van der Waals surface area contributed by atoms with Gasteiger partial charge in [0.05, 0.1) is 0 Å². The second-order valence-corrected chi connectivity index (χ2v) is 2.03. The summed E-state index contributed by atoms with van der Waals surface area (Å²) < 4.78 is 0. The maximum Gasteiger partial charge on any atom is 1.00 e. The van der Waals surface area contributed by atoms with Crippen LogP contribution in [0.3, 0.4) is 0 Å². The van der Waals surface area contributed by atoms with Crippen molar-refractivity contribution in [2.45, 2.75) is 13.8 Å². The number of hydrogen-bond acceptors (Lipinski definition) is 2. The normalized spacial score (nSPS) is 17.0. The number of imide groups is 1. The molecule has 1 heterocycles. The third-order valence-electron chi connectivity index (χ3n) is 1.47. The molecule has 1 aliphatic rings. The first-order valence-electron chi connectivity index (χ1n) is 2.66. The minimum atomic E-state index is -0.266. The molecule has 0 radical (unpaired) electrons. The van der Waals surface area contributed by atoms with Gasteiger partial charge in [0.1, 0.15) is 0 Å². The maximum atomic E-state index is 10.6. The first-order valence-corrected chi connectivity index (χ1v) is 2.66. The summed E-state index contributed by atoms with van der Waals surface area (Å²) in [6.07, 6.45) is 0. The molecule has 0 saturated carbocycles. The molecule has 0 atom stereocenters. The first-order chi connectivity index (χ1) is 4.13. The molecule has 1 rings (SSSR count). The second-order valence-electron chi connectivity index (χ2n) is 2.03. The van der Waals surface area contributed by atoms with Gasteiger partial charge in [-0.25, -0.2) is 0 Å². The minimum Gasteiger partial charge on any atom is -0.289 e. The van der Waals surface area contributed by atoms with Crippen molar-refractivity contribution < 1.29 is 39.1 Å². The molecule has 0 aromatic carbocycles. The van der Waals surface area contributed by atoms with E-state index in [2.05, 4.69) is 5.32 Å². The molecule has 0 spiro atoms. The van der Waals surface area contributed by atoms with E-state index in [9.17, 15) is 9.59 Å². The standard InChI is InChI=1S/C6H7NO2.Na/c1-3-4(2)6(9)7-5(3)8;/h1-2H3,(H,7,8,9);/q;+1. The zero-order chi connectivity index (χ0) is 7.02. The fraction of sp³-hybridized carbons (Fsp3) is 0.333. The van der Waals surface area contributed by atoms with Crippen molar-refractivity contribution in [3.05, 3.63) is 11.1 Å². The Labute approximate surface area is 81.2 Å². The molecule has 0 fully saturated rings. The van der Waals surface area contributed by atoms with Crippen molar-refractivity contribution in [1.29, 1.82) is 0 Å². The van der Waals surface area contributed by atoms with Crippen LogP contribution in [0.2, 0.25) is 0 Å². The molecular formula is C6H7NNaO2+. The Kier molecular flexibility index (Phi) is 3.28. The predicted molar refractivity (Wildman–Crippen MR) is 31.5 cm³/mol. The number of amides is 2. The Hall–Kier alpha value is -0.120. The first kappa shape index (κ1) is 9.88. The van der Waals surface area contributed by atoms with Gasteiger partial charge in [-0.15, -0.1) is 0 Å². The van der Waals surface area contributed by atoms with Crippen LogP contribution in [0.15, 0.2) is 11.1 Å². The zero-order valence-electron chi connectivity index (χ0n) is 6.32. The van der Waals surface area contributed by atoms with Crippen LogP contribution in [0.1, 0.15) is 13.8 Å². The summed E-state index contributed by atoms with van der Waals surface area (Å²) in [6.45, 7) is 3.27. The molecular weight excluding hydrogens is 141 g/mol. The van der Waals surface area contributed by atoms with Crippen LogP contribution in [-0.2, 0) is 9.59 Å². The van der Waals surface area contributed by atoms with E-state index in [0.29, 0.717) is 11.1 Å². The summed E-state index contributed by atoms with van der Waals surface area (Å²) in [6, 6.07) is 0. The molecule has 0 unspecified atom stereocenters. The number of rotatable bonds is 0. The topological polar surface area (TPSA) is 46.2 Å². The van der Waals surface area contributed by atoms with Gasteiger partial charge in [-0.3, -0.25) is 14.9 Å². The maximum absolute atomic E-state index is 10.6. The Bertz CT molecular complexity index is 198. The number of carbonyl (C=O) groups is 2. The molecule has 1 N–H and O–H groups in total. The van der Waals surface area contributed by atoms with Gasteiger partial charge in [-0.2, -0.15) is 0 Å². The van der Waals surface area contributed by atoms with Crippen LogP contribution in [-0.4, -0.2) is 11.8 Å². The van der Waals surface area contributed by atoms with E-state index in [1.807, 2.05) is 0 Å². The van der Waals surface area contributed by atoms with Crippen LogP contribution in [0.4, 0.5) is 0 Å². The number of hydrogen-bond donors (Lipinski definition) is 1. The minimum absolute atomic E-state index is 0. The predicted octanol–water partition coefficient (Wildman–Crippen LogP) is -3.02. The van der Waals surface area contributed by atoms with E-state index in [-0.39, 0.29) is 41.4 Å². The smallest absolute Gasteiger partial charge is 0.289 e. The van der Waals surface area contributed by atoms with E-state index >= 15 is 0 Å². The van der Waals surface area contributed by atoms with Crippen LogP contribution in [0, 0.1) is 0 Å². The van der Waals surface area contributed by atoms with Gasteiger partial charge in [0.25, 0.3) is 11.8 Å². The van der Waals surface area contributed by atoms with Gasteiger partial charge in [0, 0.05) is 11.1 Å². The zero-order valence-corrected chi connectivity index (χ0v) is 8.32. The molecule has 1 aliphatic heterocycles. The third kappa shape index (κ3) is 1.48. The molecule has 0 aliphatic carbocycles. The summed E-state index contributed by atoms with van der Waals surface area (Å²) in [5, 5.41) is 2.16. The monoisotopic (exact) mass is 148 g/mol.